The molecule has 3 rings (SSSR count). The number of aromatic carboxylic acids is 1. The van der Waals surface area contributed by atoms with Crippen molar-refractivity contribution in [3.05, 3.63) is 70.2 Å². The van der Waals surface area contributed by atoms with E-state index in [2.05, 4.69) is 28.9 Å². The number of hydrogen-bond acceptors (Lipinski definition) is 1. The Morgan fingerprint density at radius 1 is 0.952 bits per heavy atom. The third kappa shape index (κ3) is 2.45. The molecule has 0 bridgehead atoms. The van der Waals surface area contributed by atoms with Crippen molar-refractivity contribution in [2.45, 2.75) is 6.92 Å². The van der Waals surface area contributed by atoms with Gasteiger partial charge in [0.2, 0.25) is 0 Å². The molecule has 0 saturated carbocycles. The molecule has 3 aromatic carbocycles. The van der Waals surface area contributed by atoms with Gasteiger partial charge in [-0.15, -0.1) is 0 Å². The standard InChI is InChI=1S/C18H13BrO2/c1-11-6-8-15(14-5-3-2-4-13(11)14)16-9-7-12(19)10-17(16)18(20)21/h2-10H,1H3,(H,20,21). The number of fused-ring (bicyclic) bond motifs is 1. The van der Waals surface area contributed by atoms with Gasteiger partial charge in [0, 0.05) is 4.47 Å². The van der Waals surface area contributed by atoms with Crippen LogP contribution in [-0.4, -0.2) is 11.1 Å². The van der Waals surface area contributed by atoms with Gasteiger partial charge in [-0.05, 0) is 46.5 Å². The summed E-state index contributed by atoms with van der Waals surface area (Å²) in [4.78, 5) is 11.5. The highest BCUT2D eigenvalue weighted by Gasteiger charge is 2.14. The molecule has 1 N–H and O–H groups in total. The molecule has 0 spiro atoms. The zero-order valence-electron chi connectivity index (χ0n) is 11.4. The van der Waals surface area contributed by atoms with Gasteiger partial charge < -0.3 is 5.11 Å². The average molecular weight is 341 g/mol. The van der Waals surface area contributed by atoms with E-state index in [0.29, 0.717) is 5.56 Å². The lowest BCUT2D eigenvalue weighted by Crippen LogP contribution is -2.00. The lowest BCUT2D eigenvalue weighted by atomic mass is 9.93. The molecule has 0 aliphatic carbocycles. The van der Waals surface area contributed by atoms with Gasteiger partial charge in [0.05, 0.1) is 5.56 Å². The fraction of sp³-hybridized carbons (Fsp3) is 0.0556. The quantitative estimate of drug-likeness (QED) is 0.689. The Balaban J connectivity index is 2.36. The highest BCUT2D eigenvalue weighted by Crippen LogP contribution is 2.33. The van der Waals surface area contributed by atoms with Crippen molar-refractivity contribution in [2.75, 3.05) is 0 Å². The van der Waals surface area contributed by atoms with Crippen molar-refractivity contribution >= 4 is 32.7 Å². The fourth-order valence-corrected chi connectivity index (χ4v) is 2.97. The van der Waals surface area contributed by atoms with Crippen LogP contribution >= 0.6 is 15.9 Å². The first-order valence-corrected chi connectivity index (χ1v) is 7.39. The third-order valence-electron chi connectivity index (χ3n) is 3.64. The highest BCUT2D eigenvalue weighted by molar-refractivity contribution is 9.10. The Morgan fingerprint density at radius 3 is 2.33 bits per heavy atom. The summed E-state index contributed by atoms with van der Waals surface area (Å²) in [7, 11) is 0. The van der Waals surface area contributed by atoms with Crippen LogP contribution in [0.2, 0.25) is 0 Å². The lowest BCUT2D eigenvalue weighted by molar-refractivity contribution is 0.0697. The van der Waals surface area contributed by atoms with Gasteiger partial charge in [-0.1, -0.05) is 58.4 Å². The van der Waals surface area contributed by atoms with Crippen LogP contribution in [0.3, 0.4) is 0 Å². The molecule has 21 heavy (non-hydrogen) atoms. The van der Waals surface area contributed by atoms with Crippen molar-refractivity contribution in [1.82, 2.24) is 0 Å². The second-order valence-electron chi connectivity index (χ2n) is 4.97. The molecule has 0 fully saturated rings. The van der Waals surface area contributed by atoms with Crippen molar-refractivity contribution in [2.24, 2.45) is 0 Å². The summed E-state index contributed by atoms with van der Waals surface area (Å²) >= 11 is 3.34. The van der Waals surface area contributed by atoms with Crippen molar-refractivity contribution in [3.63, 3.8) is 0 Å². The summed E-state index contributed by atoms with van der Waals surface area (Å²) in [5, 5.41) is 11.7. The minimum atomic E-state index is -0.920. The largest absolute Gasteiger partial charge is 0.478 e. The molecule has 3 heteroatoms. The Kier molecular flexibility index (Phi) is 3.52. The first kappa shape index (κ1) is 13.8. The minimum Gasteiger partial charge on any atom is -0.478 e. The van der Waals surface area contributed by atoms with Crippen molar-refractivity contribution in [1.29, 1.82) is 0 Å². The first-order chi connectivity index (χ1) is 10.1. The maximum Gasteiger partial charge on any atom is 0.336 e. The fourth-order valence-electron chi connectivity index (χ4n) is 2.61. The van der Waals surface area contributed by atoms with Crippen LogP contribution in [0.1, 0.15) is 15.9 Å². The van der Waals surface area contributed by atoms with E-state index in [1.807, 2.05) is 42.5 Å². The summed E-state index contributed by atoms with van der Waals surface area (Å²) in [6.07, 6.45) is 0. The van der Waals surface area contributed by atoms with Gasteiger partial charge in [0.15, 0.2) is 0 Å². The van der Waals surface area contributed by atoms with Gasteiger partial charge in [-0.25, -0.2) is 4.79 Å². The van der Waals surface area contributed by atoms with Crippen LogP contribution in [0, 0.1) is 6.92 Å². The molecule has 0 aromatic heterocycles. The predicted molar refractivity (Wildman–Crippen MR) is 88.8 cm³/mol. The summed E-state index contributed by atoms with van der Waals surface area (Å²) in [5.41, 5.74) is 3.17. The number of carboxylic acid groups (broad SMARTS) is 1. The van der Waals surface area contributed by atoms with Crippen LogP contribution in [0.15, 0.2) is 59.1 Å². The van der Waals surface area contributed by atoms with E-state index in [1.165, 1.54) is 5.56 Å². The maximum atomic E-state index is 11.5. The number of benzene rings is 3. The van der Waals surface area contributed by atoms with E-state index >= 15 is 0 Å². The topological polar surface area (TPSA) is 37.3 Å². The number of aryl methyl sites for hydroxylation is 1. The molecule has 0 aliphatic heterocycles. The Morgan fingerprint density at radius 2 is 1.62 bits per heavy atom. The molecule has 0 saturated heterocycles. The van der Waals surface area contributed by atoms with E-state index < -0.39 is 5.97 Å². The molecule has 0 radical (unpaired) electrons. The van der Waals surface area contributed by atoms with Crippen LogP contribution in [0.5, 0.6) is 0 Å². The molecule has 2 nitrogen and oxygen atoms in total. The zero-order chi connectivity index (χ0) is 15.0. The summed E-state index contributed by atoms with van der Waals surface area (Å²) in [6.45, 7) is 2.06. The van der Waals surface area contributed by atoms with Gasteiger partial charge in [0.1, 0.15) is 0 Å². The molecule has 0 amide bonds. The van der Waals surface area contributed by atoms with Gasteiger partial charge in [-0.2, -0.15) is 0 Å². The van der Waals surface area contributed by atoms with Crippen LogP contribution in [0.4, 0.5) is 0 Å². The zero-order valence-corrected chi connectivity index (χ0v) is 13.0. The van der Waals surface area contributed by atoms with Crippen LogP contribution in [-0.2, 0) is 0 Å². The number of rotatable bonds is 2. The summed E-state index contributed by atoms with van der Waals surface area (Å²) in [6, 6.07) is 17.5. The van der Waals surface area contributed by atoms with Gasteiger partial charge in [0.25, 0.3) is 0 Å². The molecule has 3 aromatic rings. The van der Waals surface area contributed by atoms with E-state index in [4.69, 9.17) is 0 Å². The summed E-state index contributed by atoms with van der Waals surface area (Å²) in [5.74, 6) is -0.920. The first-order valence-electron chi connectivity index (χ1n) is 6.59. The van der Waals surface area contributed by atoms with Gasteiger partial charge in [-0.3, -0.25) is 0 Å². The molecule has 0 unspecified atom stereocenters. The number of hydrogen-bond donors (Lipinski definition) is 1. The second-order valence-corrected chi connectivity index (χ2v) is 5.89. The SMILES string of the molecule is Cc1ccc(-c2ccc(Br)cc2C(=O)O)c2ccccc12. The van der Waals surface area contributed by atoms with E-state index in [9.17, 15) is 9.90 Å². The van der Waals surface area contributed by atoms with Crippen molar-refractivity contribution < 1.29 is 9.90 Å². The average Bonchev–Trinajstić information content (AvgIpc) is 2.48. The van der Waals surface area contributed by atoms with E-state index in [0.717, 1.165) is 26.4 Å². The third-order valence-corrected chi connectivity index (χ3v) is 4.14. The number of carbonyl (C=O) groups is 1. The molecule has 0 heterocycles. The van der Waals surface area contributed by atoms with E-state index in [1.54, 1.807) is 6.07 Å². The lowest BCUT2D eigenvalue weighted by Gasteiger charge is -2.12. The van der Waals surface area contributed by atoms with Crippen molar-refractivity contribution in [3.8, 4) is 11.1 Å². The highest BCUT2D eigenvalue weighted by atomic mass is 79.9. The van der Waals surface area contributed by atoms with Crippen LogP contribution in [0.25, 0.3) is 21.9 Å². The van der Waals surface area contributed by atoms with Crippen LogP contribution < -0.4 is 0 Å². The monoisotopic (exact) mass is 340 g/mol. The summed E-state index contributed by atoms with van der Waals surface area (Å²) < 4.78 is 0.764. The van der Waals surface area contributed by atoms with Gasteiger partial charge >= 0.3 is 5.97 Å². The Bertz CT molecular complexity index is 853. The number of halogens is 1. The smallest absolute Gasteiger partial charge is 0.336 e. The normalized spacial score (nSPS) is 10.8. The maximum absolute atomic E-state index is 11.5. The Hall–Kier alpha value is -2.13. The molecule has 104 valence electrons. The molecule has 0 atom stereocenters. The predicted octanol–water partition coefficient (Wildman–Crippen LogP) is 5.28. The number of carboxylic acids is 1. The minimum absolute atomic E-state index is 0.304. The second kappa shape index (κ2) is 5.34. The molecular weight excluding hydrogens is 328 g/mol. The Labute approximate surface area is 131 Å². The molecular formula is C18H13BrO2. The molecule has 0 aliphatic rings. The van der Waals surface area contributed by atoms with E-state index in [-0.39, 0.29) is 0 Å².